The van der Waals surface area contributed by atoms with Gasteiger partial charge in [0, 0.05) is 11.9 Å². The van der Waals surface area contributed by atoms with Gasteiger partial charge < -0.3 is 5.32 Å². The van der Waals surface area contributed by atoms with Crippen LogP contribution in [-0.2, 0) is 14.6 Å². The van der Waals surface area contributed by atoms with E-state index in [0.29, 0.717) is 20.5 Å². The van der Waals surface area contributed by atoms with Crippen LogP contribution in [0.4, 0.5) is 5.13 Å². The van der Waals surface area contributed by atoms with Gasteiger partial charge in [0.15, 0.2) is 20.1 Å². The van der Waals surface area contributed by atoms with Crippen molar-refractivity contribution >= 4 is 54.2 Å². The molecule has 4 rings (SSSR count). The van der Waals surface area contributed by atoms with E-state index in [0.717, 1.165) is 17.5 Å². The van der Waals surface area contributed by atoms with Crippen molar-refractivity contribution in [2.75, 3.05) is 17.3 Å². The molecule has 0 atom stereocenters. The van der Waals surface area contributed by atoms with Gasteiger partial charge in [0.05, 0.1) is 20.9 Å². The van der Waals surface area contributed by atoms with Crippen LogP contribution in [0.25, 0.3) is 15.9 Å². The summed E-state index contributed by atoms with van der Waals surface area (Å²) in [4.78, 5) is 17.0. The molecule has 0 aliphatic carbocycles. The number of hydrogen-bond acceptors (Lipinski definition) is 8. The summed E-state index contributed by atoms with van der Waals surface area (Å²) in [5, 5.41) is 11.8. The van der Waals surface area contributed by atoms with Gasteiger partial charge in [-0.3, -0.25) is 9.36 Å². The highest BCUT2D eigenvalue weighted by molar-refractivity contribution is 7.99. The highest BCUT2D eigenvalue weighted by Gasteiger charge is 2.14. The number of benzene rings is 2. The van der Waals surface area contributed by atoms with Crippen LogP contribution >= 0.6 is 23.1 Å². The molecule has 0 radical (unpaired) electrons. The predicted molar refractivity (Wildman–Crippen MR) is 118 cm³/mol. The fourth-order valence-corrected chi connectivity index (χ4v) is 5.05. The number of hydrogen-bond donors (Lipinski definition) is 1. The standard InChI is InChI=1S/C19H17N5O3S3/c1-12-3-5-13(6-4-12)24-11-20-23-19(24)28-10-17(25)22-18-21-15-8-7-14(30(2,26)27)9-16(15)29-18/h3-9,11H,10H2,1-2H3,(H,21,22,25). The Morgan fingerprint density at radius 1 is 1.20 bits per heavy atom. The summed E-state index contributed by atoms with van der Waals surface area (Å²) in [6, 6.07) is 12.6. The molecule has 0 aliphatic rings. The zero-order chi connectivity index (χ0) is 21.3. The molecule has 154 valence electrons. The second-order valence-corrected chi connectivity index (χ2v) is 10.6. The highest BCUT2D eigenvalue weighted by atomic mass is 32.2. The minimum absolute atomic E-state index is 0.134. The van der Waals surface area contributed by atoms with Crippen LogP contribution in [0.5, 0.6) is 0 Å². The van der Waals surface area contributed by atoms with Crippen LogP contribution in [0.3, 0.4) is 0 Å². The summed E-state index contributed by atoms with van der Waals surface area (Å²) in [6.45, 7) is 2.01. The fourth-order valence-electron chi connectivity index (χ4n) is 2.68. The lowest BCUT2D eigenvalue weighted by Gasteiger charge is -2.06. The molecule has 0 bridgehead atoms. The molecular weight excluding hydrogens is 442 g/mol. The monoisotopic (exact) mass is 459 g/mol. The van der Waals surface area contributed by atoms with E-state index in [1.807, 2.05) is 35.8 Å². The third-order valence-electron chi connectivity index (χ3n) is 4.20. The number of carbonyl (C=O) groups excluding carboxylic acids is 1. The Morgan fingerprint density at radius 3 is 2.70 bits per heavy atom. The molecule has 1 N–H and O–H groups in total. The molecule has 4 aromatic rings. The van der Waals surface area contributed by atoms with E-state index >= 15 is 0 Å². The number of amides is 1. The van der Waals surface area contributed by atoms with Crippen molar-refractivity contribution in [2.45, 2.75) is 17.0 Å². The number of rotatable bonds is 6. The highest BCUT2D eigenvalue weighted by Crippen LogP contribution is 2.28. The third kappa shape index (κ3) is 4.53. The molecule has 0 saturated carbocycles. The molecule has 0 spiro atoms. The van der Waals surface area contributed by atoms with E-state index in [2.05, 4.69) is 20.5 Å². The van der Waals surface area contributed by atoms with Gasteiger partial charge in [-0.15, -0.1) is 10.2 Å². The van der Waals surface area contributed by atoms with E-state index < -0.39 is 9.84 Å². The fraction of sp³-hybridized carbons (Fsp3) is 0.158. The maximum absolute atomic E-state index is 12.4. The average Bonchev–Trinajstić information content (AvgIpc) is 3.31. The summed E-state index contributed by atoms with van der Waals surface area (Å²) >= 11 is 2.50. The third-order valence-corrected chi connectivity index (χ3v) is 7.18. The van der Waals surface area contributed by atoms with Crippen molar-refractivity contribution < 1.29 is 13.2 Å². The van der Waals surface area contributed by atoms with E-state index in [-0.39, 0.29) is 16.6 Å². The van der Waals surface area contributed by atoms with Gasteiger partial charge >= 0.3 is 0 Å². The van der Waals surface area contributed by atoms with E-state index in [1.54, 1.807) is 18.5 Å². The molecule has 2 aromatic heterocycles. The molecule has 0 unspecified atom stereocenters. The Hall–Kier alpha value is -2.76. The second kappa shape index (κ2) is 8.17. The number of anilines is 1. The smallest absolute Gasteiger partial charge is 0.236 e. The van der Waals surface area contributed by atoms with E-state index in [4.69, 9.17) is 0 Å². The number of carbonyl (C=O) groups is 1. The van der Waals surface area contributed by atoms with Gasteiger partial charge in [-0.2, -0.15) is 0 Å². The minimum atomic E-state index is -3.30. The minimum Gasteiger partial charge on any atom is -0.301 e. The first-order valence-electron chi connectivity index (χ1n) is 8.80. The molecule has 0 fully saturated rings. The molecule has 8 nitrogen and oxygen atoms in total. The first kappa shape index (κ1) is 20.5. The largest absolute Gasteiger partial charge is 0.301 e. The number of nitrogens with one attached hydrogen (secondary N) is 1. The lowest BCUT2D eigenvalue weighted by Crippen LogP contribution is -2.14. The van der Waals surface area contributed by atoms with Crippen LogP contribution < -0.4 is 5.32 Å². The normalized spacial score (nSPS) is 11.7. The van der Waals surface area contributed by atoms with Gasteiger partial charge in [0.2, 0.25) is 5.91 Å². The number of aromatic nitrogens is 4. The Labute approximate surface area is 181 Å². The SMILES string of the molecule is Cc1ccc(-n2cnnc2SCC(=O)Nc2nc3ccc(S(C)(=O)=O)cc3s2)cc1. The number of nitrogens with zero attached hydrogens (tertiary/aromatic N) is 4. The summed E-state index contributed by atoms with van der Waals surface area (Å²) in [5.74, 6) is -0.101. The number of thiazole rings is 1. The maximum atomic E-state index is 12.4. The van der Waals surface area contributed by atoms with Crippen LogP contribution in [0.2, 0.25) is 0 Å². The van der Waals surface area contributed by atoms with Crippen molar-refractivity contribution in [3.05, 3.63) is 54.4 Å². The lowest BCUT2D eigenvalue weighted by atomic mass is 10.2. The molecular formula is C19H17N5O3S3. The molecule has 0 aliphatic heterocycles. The Balaban J connectivity index is 1.43. The van der Waals surface area contributed by atoms with E-state index in [9.17, 15) is 13.2 Å². The molecule has 0 saturated heterocycles. The second-order valence-electron chi connectivity index (χ2n) is 6.58. The van der Waals surface area contributed by atoms with Gasteiger partial charge in [-0.25, -0.2) is 13.4 Å². The molecule has 11 heteroatoms. The summed E-state index contributed by atoms with van der Waals surface area (Å²) < 4.78 is 25.9. The quantitative estimate of drug-likeness (QED) is 0.441. The zero-order valence-electron chi connectivity index (χ0n) is 16.1. The van der Waals surface area contributed by atoms with Crippen molar-refractivity contribution in [1.82, 2.24) is 19.7 Å². The van der Waals surface area contributed by atoms with Crippen molar-refractivity contribution in [3.8, 4) is 5.69 Å². The van der Waals surface area contributed by atoms with Crippen molar-refractivity contribution in [2.24, 2.45) is 0 Å². The van der Waals surface area contributed by atoms with Gasteiger partial charge in [0.25, 0.3) is 0 Å². The Kier molecular flexibility index (Phi) is 5.58. The number of fused-ring (bicyclic) bond motifs is 1. The maximum Gasteiger partial charge on any atom is 0.236 e. The zero-order valence-corrected chi connectivity index (χ0v) is 18.5. The van der Waals surface area contributed by atoms with Gasteiger partial charge in [0.1, 0.15) is 6.33 Å². The Bertz CT molecular complexity index is 1330. The number of thioether (sulfide) groups is 1. The molecule has 30 heavy (non-hydrogen) atoms. The Morgan fingerprint density at radius 2 is 1.97 bits per heavy atom. The first-order valence-corrected chi connectivity index (χ1v) is 12.5. The van der Waals surface area contributed by atoms with Crippen LogP contribution in [0, 0.1) is 6.92 Å². The summed E-state index contributed by atoms with van der Waals surface area (Å²) in [7, 11) is -3.30. The van der Waals surface area contributed by atoms with Crippen LogP contribution in [-0.4, -0.2) is 46.1 Å². The first-order chi connectivity index (χ1) is 14.3. The van der Waals surface area contributed by atoms with Crippen LogP contribution in [0.1, 0.15) is 5.56 Å². The van der Waals surface area contributed by atoms with Gasteiger partial charge in [-0.1, -0.05) is 40.8 Å². The molecule has 1 amide bonds. The number of aryl methyl sites for hydroxylation is 1. The lowest BCUT2D eigenvalue weighted by molar-refractivity contribution is -0.113. The van der Waals surface area contributed by atoms with Crippen molar-refractivity contribution in [3.63, 3.8) is 0 Å². The summed E-state index contributed by atoms with van der Waals surface area (Å²) in [5.41, 5.74) is 2.70. The predicted octanol–water partition coefficient (Wildman–Crippen LogP) is 3.32. The molecule has 2 aromatic carbocycles. The van der Waals surface area contributed by atoms with Crippen LogP contribution in [0.15, 0.2) is 58.8 Å². The van der Waals surface area contributed by atoms with Gasteiger partial charge in [-0.05, 0) is 37.3 Å². The van der Waals surface area contributed by atoms with E-state index in [1.165, 1.54) is 29.2 Å². The number of sulfone groups is 1. The topological polar surface area (TPSA) is 107 Å². The summed E-state index contributed by atoms with van der Waals surface area (Å²) in [6.07, 6.45) is 2.77. The average molecular weight is 460 g/mol. The van der Waals surface area contributed by atoms with Crippen molar-refractivity contribution in [1.29, 1.82) is 0 Å². The molecule has 2 heterocycles.